The monoisotopic (exact) mass is 234 g/mol. The zero-order valence-electron chi connectivity index (χ0n) is 10.8. The fraction of sp³-hybridized carbons (Fsp3) is 0.571. The highest BCUT2D eigenvalue weighted by molar-refractivity contribution is 5.78. The number of carbonyl (C=O) groups is 1. The van der Waals surface area contributed by atoms with E-state index in [-0.39, 0.29) is 11.8 Å². The van der Waals surface area contributed by atoms with Gasteiger partial charge in [0, 0.05) is 24.9 Å². The number of nitrogens with zero attached hydrogens (tertiary/aromatic N) is 1. The lowest BCUT2D eigenvalue weighted by Crippen LogP contribution is -2.31. The van der Waals surface area contributed by atoms with E-state index in [0.717, 1.165) is 32.2 Å². The Morgan fingerprint density at radius 2 is 2.18 bits per heavy atom. The van der Waals surface area contributed by atoms with E-state index in [1.807, 2.05) is 12.3 Å². The molecule has 1 aromatic heterocycles. The van der Waals surface area contributed by atoms with E-state index in [4.69, 9.17) is 0 Å². The highest BCUT2D eigenvalue weighted by Crippen LogP contribution is 2.07. The predicted molar refractivity (Wildman–Crippen MR) is 69.6 cm³/mol. The van der Waals surface area contributed by atoms with Crippen molar-refractivity contribution in [1.29, 1.82) is 0 Å². The summed E-state index contributed by atoms with van der Waals surface area (Å²) in [7, 11) is 0. The third-order valence-electron chi connectivity index (χ3n) is 3.02. The molecule has 3 nitrogen and oxygen atoms in total. The lowest BCUT2D eigenvalue weighted by Gasteiger charge is -2.12. The number of rotatable bonds is 7. The molecule has 0 aliphatic heterocycles. The van der Waals surface area contributed by atoms with Gasteiger partial charge in [0.1, 0.15) is 0 Å². The molecule has 0 fully saturated rings. The number of nitrogens with one attached hydrogen (secondary N) is 1. The van der Waals surface area contributed by atoms with Crippen LogP contribution in [0.25, 0.3) is 0 Å². The summed E-state index contributed by atoms with van der Waals surface area (Å²) < 4.78 is 0. The Kier molecular flexibility index (Phi) is 6.30. The molecule has 0 radical (unpaired) electrons. The third-order valence-corrected chi connectivity index (χ3v) is 3.02. The molecule has 0 bridgehead atoms. The first kappa shape index (κ1) is 13.7. The summed E-state index contributed by atoms with van der Waals surface area (Å²) in [6.07, 6.45) is 7.44. The highest BCUT2D eigenvalue weighted by Gasteiger charge is 2.12. The molecule has 0 aliphatic rings. The van der Waals surface area contributed by atoms with Crippen molar-refractivity contribution in [1.82, 2.24) is 10.3 Å². The topological polar surface area (TPSA) is 42.0 Å². The van der Waals surface area contributed by atoms with Crippen molar-refractivity contribution in [2.24, 2.45) is 5.92 Å². The van der Waals surface area contributed by atoms with Gasteiger partial charge in [0.05, 0.1) is 0 Å². The fourth-order valence-corrected chi connectivity index (χ4v) is 1.85. The number of aromatic nitrogens is 1. The minimum Gasteiger partial charge on any atom is -0.356 e. The van der Waals surface area contributed by atoms with Gasteiger partial charge in [0.15, 0.2) is 0 Å². The van der Waals surface area contributed by atoms with Crippen LogP contribution in [0.3, 0.4) is 0 Å². The minimum absolute atomic E-state index is 0.174. The molecular formula is C14H22N2O. The lowest BCUT2D eigenvalue weighted by atomic mass is 10.0. The molecule has 1 N–H and O–H groups in total. The van der Waals surface area contributed by atoms with Crippen LogP contribution < -0.4 is 5.32 Å². The van der Waals surface area contributed by atoms with E-state index in [9.17, 15) is 4.79 Å². The molecule has 3 heteroatoms. The van der Waals surface area contributed by atoms with Crippen LogP contribution in [-0.4, -0.2) is 17.4 Å². The van der Waals surface area contributed by atoms with Gasteiger partial charge in [-0.05, 0) is 37.3 Å². The fourth-order valence-electron chi connectivity index (χ4n) is 1.85. The van der Waals surface area contributed by atoms with Crippen LogP contribution in [0, 0.1) is 5.92 Å². The molecule has 17 heavy (non-hydrogen) atoms. The predicted octanol–water partition coefficient (Wildman–Crippen LogP) is 2.57. The van der Waals surface area contributed by atoms with Crippen molar-refractivity contribution < 1.29 is 4.79 Å². The van der Waals surface area contributed by atoms with Gasteiger partial charge in [0.2, 0.25) is 5.91 Å². The SMILES string of the molecule is CCC(CC)C(=O)NCCCc1cccnc1. The first-order valence-electron chi connectivity index (χ1n) is 6.44. The van der Waals surface area contributed by atoms with Crippen LogP contribution in [0.5, 0.6) is 0 Å². The molecule has 0 saturated carbocycles. The second-order valence-electron chi connectivity index (χ2n) is 4.27. The summed E-state index contributed by atoms with van der Waals surface area (Å²) in [6, 6.07) is 4.01. The number of hydrogen-bond donors (Lipinski definition) is 1. The van der Waals surface area contributed by atoms with Gasteiger partial charge < -0.3 is 5.32 Å². The van der Waals surface area contributed by atoms with E-state index in [1.54, 1.807) is 6.20 Å². The van der Waals surface area contributed by atoms with Crippen LogP contribution in [0.4, 0.5) is 0 Å². The Balaban J connectivity index is 2.18. The normalized spacial score (nSPS) is 10.5. The molecule has 0 atom stereocenters. The Hall–Kier alpha value is -1.38. The number of aryl methyl sites for hydroxylation is 1. The van der Waals surface area contributed by atoms with Crippen molar-refractivity contribution in [3.8, 4) is 0 Å². The smallest absolute Gasteiger partial charge is 0.223 e. The number of hydrogen-bond acceptors (Lipinski definition) is 2. The molecule has 1 rings (SSSR count). The molecule has 94 valence electrons. The summed E-state index contributed by atoms with van der Waals surface area (Å²) in [4.78, 5) is 15.8. The van der Waals surface area contributed by atoms with Crippen molar-refractivity contribution in [3.63, 3.8) is 0 Å². The third kappa shape index (κ3) is 4.98. The molecular weight excluding hydrogens is 212 g/mol. The van der Waals surface area contributed by atoms with Crippen molar-refractivity contribution >= 4 is 5.91 Å². The van der Waals surface area contributed by atoms with Crippen molar-refractivity contribution in [2.45, 2.75) is 39.5 Å². The summed E-state index contributed by atoms with van der Waals surface area (Å²) >= 11 is 0. The molecule has 0 saturated heterocycles. The Morgan fingerprint density at radius 3 is 2.76 bits per heavy atom. The number of carbonyl (C=O) groups excluding carboxylic acids is 1. The summed E-state index contributed by atoms with van der Waals surface area (Å²) in [5, 5.41) is 3.00. The van der Waals surface area contributed by atoms with Gasteiger partial charge in [-0.1, -0.05) is 19.9 Å². The summed E-state index contributed by atoms with van der Waals surface area (Å²) in [6.45, 7) is 4.87. The van der Waals surface area contributed by atoms with Gasteiger partial charge >= 0.3 is 0 Å². The molecule has 0 aliphatic carbocycles. The zero-order chi connectivity index (χ0) is 12.5. The van der Waals surface area contributed by atoms with E-state index in [0.29, 0.717) is 0 Å². The molecule has 0 aromatic carbocycles. The van der Waals surface area contributed by atoms with Crippen LogP contribution in [-0.2, 0) is 11.2 Å². The first-order chi connectivity index (χ1) is 8.27. The van der Waals surface area contributed by atoms with E-state index in [2.05, 4.69) is 30.2 Å². The van der Waals surface area contributed by atoms with E-state index < -0.39 is 0 Å². The van der Waals surface area contributed by atoms with E-state index >= 15 is 0 Å². The van der Waals surface area contributed by atoms with Gasteiger partial charge in [-0.25, -0.2) is 0 Å². The second kappa shape index (κ2) is 7.82. The zero-order valence-corrected chi connectivity index (χ0v) is 10.8. The number of amides is 1. The molecule has 1 aromatic rings. The van der Waals surface area contributed by atoms with Gasteiger partial charge in [0.25, 0.3) is 0 Å². The number of pyridine rings is 1. The Labute approximate surface area is 104 Å². The average Bonchev–Trinajstić information content (AvgIpc) is 2.37. The lowest BCUT2D eigenvalue weighted by molar-refractivity contribution is -0.125. The Bertz CT molecular complexity index is 320. The van der Waals surface area contributed by atoms with E-state index in [1.165, 1.54) is 5.56 Å². The van der Waals surface area contributed by atoms with Crippen LogP contribution >= 0.6 is 0 Å². The average molecular weight is 234 g/mol. The quantitative estimate of drug-likeness (QED) is 0.737. The maximum absolute atomic E-state index is 11.7. The van der Waals surface area contributed by atoms with Crippen molar-refractivity contribution in [3.05, 3.63) is 30.1 Å². The molecule has 1 amide bonds. The maximum Gasteiger partial charge on any atom is 0.223 e. The minimum atomic E-state index is 0.174. The molecule has 0 unspecified atom stereocenters. The van der Waals surface area contributed by atoms with Gasteiger partial charge in [-0.15, -0.1) is 0 Å². The highest BCUT2D eigenvalue weighted by atomic mass is 16.1. The maximum atomic E-state index is 11.7. The molecule has 1 heterocycles. The van der Waals surface area contributed by atoms with Gasteiger partial charge in [-0.2, -0.15) is 0 Å². The molecule has 0 spiro atoms. The standard InChI is InChI=1S/C14H22N2O/c1-3-13(4-2)14(17)16-10-6-8-12-7-5-9-15-11-12/h5,7,9,11,13H,3-4,6,8,10H2,1-2H3,(H,16,17). The Morgan fingerprint density at radius 1 is 1.41 bits per heavy atom. The second-order valence-corrected chi connectivity index (χ2v) is 4.27. The first-order valence-corrected chi connectivity index (χ1v) is 6.44. The summed E-state index contributed by atoms with van der Waals surface area (Å²) in [5.41, 5.74) is 1.23. The van der Waals surface area contributed by atoms with Crippen LogP contribution in [0.1, 0.15) is 38.7 Å². The van der Waals surface area contributed by atoms with Crippen LogP contribution in [0.15, 0.2) is 24.5 Å². The van der Waals surface area contributed by atoms with Gasteiger partial charge in [-0.3, -0.25) is 9.78 Å². The largest absolute Gasteiger partial charge is 0.356 e. The van der Waals surface area contributed by atoms with Crippen LogP contribution in [0.2, 0.25) is 0 Å². The summed E-state index contributed by atoms with van der Waals surface area (Å²) in [5.74, 6) is 0.370. The van der Waals surface area contributed by atoms with Crippen molar-refractivity contribution in [2.75, 3.05) is 6.54 Å².